The first-order valence-electron chi connectivity index (χ1n) is 12.1. The van der Waals surface area contributed by atoms with Gasteiger partial charge in [-0.2, -0.15) is 5.10 Å². The first-order chi connectivity index (χ1) is 16.7. The molecular formula is C29H30FN3O. The van der Waals surface area contributed by atoms with Crippen LogP contribution in [0.2, 0.25) is 0 Å². The Hall–Kier alpha value is -3.31. The smallest absolute Gasteiger partial charge is 0.257 e. The summed E-state index contributed by atoms with van der Waals surface area (Å²) in [6.07, 6.45) is 3.79. The van der Waals surface area contributed by atoms with Crippen LogP contribution in [0.5, 0.6) is 0 Å². The van der Waals surface area contributed by atoms with Crippen LogP contribution in [0.25, 0.3) is 0 Å². The molecule has 1 saturated heterocycles. The number of halogens is 1. The Morgan fingerprint density at radius 2 is 1.53 bits per heavy atom. The molecule has 0 spiro atoms. The molecule has 3 aromatic rings. The van der Waals surface area contributed by atoms with Gasteiger partial charge in [0.25, 0.3) is 5.91 Å². The number of amides is 1. The highest BCUT2D eigenvalue weighted by Gasteiger charge is 2.34. The summed E-state index contributed by atoms with van der Waals surface area (Å²) in [6.45, 7) is 2.17. The van der Waals surface area contributed by atoms with Crippen LogP contribution < -0.4 is 0 Å². The number of hydrogen-bond donors (Lipinski definition) is 0. The van der Waals surface area contributed by atoms with Crippen LogP contribution >= 0.6 is 0 Å². The van der Waals surface area contributed by atoms with Gasteiger partial charge in [0.15, 0.2) is 0 Å². The van der Waals surface area contributed by atoms with Crippen molar-refractivity contribution >= 4 is 11.6 Å². The van der Waals surface area contributed by atoms with Gasteiger partial charge in [0, 0.05) is 12.0 Å². The lowest BCUT2D eigenvalue weighted by Gasteiger charge is -2.33. The summed E-state index contributed by atoms with van der Waals surface area (Å²) in [7, 11) is 0. The summed E-state index contributed by atoms with van der Waals surface area (Å²) in [5.74, 6) is 0.327. The van der Waals surface area contributed by atoms with E-state index in [9.17, 15) is 9.18 Å². The first kappa shape index (κ1) is 22.5. The predicted molar refractivity (Wildman–Crippen MR) is 133 cm³/mol. The maximum Gasteiger partial charge on any atom is 0.257 e. The minimum Gasteiger partial charge on any atom is -0.294 e. The number of carbonyl (C=O) groups is 1. The van der Waals surface area contributed by atoms with Crippen molar-refractivity contribution < 1.29 is 9.18 Å². The molecule has 2 aliphatic rings. The molecule has 3 aromatic carbocycles. The van der Waals surface area contributed by atoms with Crippen LogP contribution in [-0.4, -0.2) is 41.2 Å². The van der Waals surface area contributed by atoms with Crippen molar-refractivity contribution in [3.8, 4) is 0 Å². The van der Waals surface area contributed by atoms with Gasteiger partial charge in [0.05, 0.1) is 18.3 Å². The molecule has 1 fully saturated rings. The molecule has 2 heterocycles. The maximum atomic E-state index is 14.5. The topological polar surface area (TPSA) is 35.9 Å². The highest BCUT2D eigenvalue weighted by Crippen LogP contribution is 2.33. The van der Waals surface area contributed by atoms with Gasteiger partial charge in [-0.05, 0) is 55.5 Å². The molecule has 5 heteroatoms. The number of piperidine rings is 1. The Bertz CT molecular complexity index is 1140. The van der Waals surface area contributed by atoms with Gasteiger partial charge < -0.3 is 0 Å². The maximum absolute atomic E-state index is 14.5. The van der Waals surface area contributed by atoms with Crippen LogP contribution in [0.3, 0.4) is 0 Å². The monoisotopic (exact) mass is 455 g/mol. The molecule has 0 aliphatic carbocycles. The molecule has 2 aliphatic heterocycles. The molecule has 4 nitrogen and oxygen atoms in total. The number of likely N-dealkylation sites (tertiary alicyclic amines) is 1. The summed E-state index contributed by atoms with van der Waals surface area (Å²) < 4.78 is 14.5. The zero-order valence-electron chi connectivity index (χ0n) is 19.3. The number of rotatable bonds is 6. The molecule has 0 aromatic heterocycles. The van der Waals surface area contributed by atoms with Crippen LogP contribution in [-0.2, 0) is 11.2 Å². The van der Waals surface area contributed by atoms with E-state index in [0.29, 0.717) is 30.2 Å². The third kappa shape index (κ3) is 5.10. The minimum atomic E-state index is -0.303. The van der Waals surface area contributed by atoms with Crippen LogP contribution in [0.4, 0.5) is 4.39 Å². The first-order valence-corrected chi connectivity index (χ1v) is 12.1. The van der Waals surface area contributed by atoms with Gasteiger partial charge >= 0.3 is 0 Å². The van der Waals surface area contributed by atoms with E-state index in [0.717, 1.165) is 37.9 Å². The van der Waals surface area contributed by atoms with Gasteiger partial charge in [-0.15, -0.1) is 0 Å². The number of benzene rings is 3. The van der Waals surface area contributed by atoms with Crippen molar-refractivity contribution in [3.05, 3.63) is 107 Å². The van der Waals surface area contributed by atoms with E-state index in [1.54, 1.807) is 17.1 Å². The summed E-state index contributed by atoms with van der Waals surface area (Å²) in [4.78, 5) is 15.7. The summed E-state index contributed by atoms with van der Waals surface area (Å²) in [5, 5.41) is 6.24. The molecule has 0 N–H and O–H groups in total. The number of hydrazone groups is 1. The number of carbonyl (C=O) groups excluding carboxylic acids is 1. The summed E-state index contributed by atoms with van der Waals surface area (Å²) in [5.41, 5.74) is 3.50. The Morgan fingerprint density at radius 1 is 0.882 bits per heavy atom. The van der Waals surface area contributed by atoms with Crippen molar-refractivity contribution in [2.75, 3.05) is 19.6 Å². The highest BCUT2D eigenvalue weighted by molar-refractivity contribution is 6.03. The highest BCUT2D eigenvalue weighted by atomic mass is 19.1. The molecule has 0 saturated carbocycles. The lowest BCUT2D eigenvalue weighted by atomic mass is 9.90. The average Bonchev–Trinajstić information content (AvgIpc) is 3.32. The fourth-order valence-electron chi connectivity index (χ4n) is 5.09. The molecule has 0 radical (unpaired) electrons. The van der Waals surface area contributed by atoms with Crippen molar-refractivity contribution in [3.63, 3.8) is 0 Å². The van der Waals surface area contributed by atoms with Crippen molar-refractivity contribution in [1.29, 1.82) is 0 Å². The zero-order valence-corrected chi connectivity index (χ0v) is 19.3. The Balaban J connectivity index is 1.26. The molecule has 34 heavy (non-hydrogen) atoms. The van der Waals surface area contributed by atoms with Gasteiger partial charge in [-0.1, -0.05) is 78.9 Å². The Kier molecular flexibility index (Phi) is 6.82. The van der Waals surface area contributed by atoms with Crippen molar-refractivity contribution in [2.45, 2.75) is 31.7 Å². The van der Waals surface area contributed by atoms with Gasteiger partial charge in [0.2, 0.25) is 0 Å². The third-order valence-electron chi connectivity index (χ3n) is 6.97. The predicted octanol–water partition coefficient (Wildman–Crippen LogP) is 5.46. The SMILES string of the molecule is O=C(CN1CCC(Cc2ccccc2)CC1)N1N=C(c2ccccc2F)CC1c1ccccc1. The van der Waals surface area contributed by atoms with Crippen LogP contribution in [0.15, 0.2) is 90.0 Å². The normalized spacial score (nSPS) is 19.3. The van der Waals surface area contributed by atoms with Crippen molar-refractivity contribution in [2.24, 2.45) is 11.0 Å². The van der Waals surface area contributed by atoms with Crippen LogP contribution in [0.1, 0.15) is 42.0 Å². The molecular weight excluding hydrogens is 425 g/mol. The average molecular weight is 456 g/mol. The van der Waals surface area contributed by atoms with E-state index >= 15 is 0 Å². The van der Waals surface area contributed by atoms with E-state index in [2.05, 4.69) is 40.3 Å². The van der Waals surface area contributed by atoms with Crippen molar-refractivity contribution in [1.82, 2.24) is 9.91 Å². The second-order valence-corrected chi connectivity index (χ2v) is 9.30. The van der Waals surface area contributed by atoms with E-state index < -0.39 is 0 Å². The Labute approximate surface area is 200 Å². The lowest BCUT2D eigenvalue weighted by Crippen LogP contribution is -2.42. The van der Waals surface area contributed by atoms with Gasteiger partial charge in [-0.25, -0.2) is 9.40 Å². The summed E-state index contributed by atoms with van der Waals surface area (Å²) in [6, 6.07) is 27.0. The van der Waals surface area contributed by atoms with E-state index in [1.165, 1.54) is 11.6 Å². The molecule has 0 bridgehead atoms. The minimum absolute atomic E-state index is 0.0262. The second-order valence-electron chi connectivity index (χ2n) is 9.30. The quantitative estimate of drug-likeness (QED) is 0.495. The molecule has 1 amide bonds. The zero-order chi connectivity index (χ0) is 23.3. The van der Waals surface area contributed by atoms with Gasteiger partial charge in [0.1, 0.15) is 5.82 Å². The van der Waals surface area contributed by atoms with Gasteiger partial charge in [-0.3, -0.25) is 9.69 Å². The number of nitrogens with zero attached hydrogens (tertiary/aromatic N) is 3. The molecule has 174 valence electrons. The fourth-order valence-corrected chi connectivity index (χ4v) is 5.09. The lowest BCUT2D eigenvalue weighted by molar-refractivity contribution is -0.134. The summed E-state index contributed by atoms with van der Waals surface area (Å²) >= 11 is 0. The van der Waals surface area contributed by atoms with E-state index in [4.69, 9.17) is 0 Å². The van der Waals surface area contributed by atoms with Crippen LogP contribution in [0, 0.1) is 11.7 Å². The third-order valence-corrected chi connectivity index (χ3v) is 6.97. The Morgan fingerprint density at radius 3 is 2.24 bits per heavy atom. The largest absolute Gasteiger partial charge is 0.294 e. The standard InChI is InChI=1S/C29H30FN3O/c30-26-14-8-7-13-25(26)27-20-28(24-11-5-2-6-12-24)33(31-27)29(34)21-32-17-15-23(16-18-32)19-22-9-3-1-4-10-22/h1-14,23,28H,15-21H2. The van der Waals surface area contributed by atoms with E-state index in [-0.39, 0.29) is 17.8 Å². The van der Waals surface area contributed by atoms with E-state index in [1.807, 2.05) is 36.4 Å². The molecule has 1 atom stereocenters. The molecule has 5 rings (SSSR count). The number of hydrogen-bond acceptors (Lipinski definition) is 3. The molecule has 1 unspecified atom stereocenters. The second kappa shape index (κ2) is 10.3. The fraction of sp³-hybridized carbons (Fsp3) is 0.310.